The van der Waals surface area contributed by atoms with E-state index in [0.717, 1.165) is 10.4 Å². The molecule has 0 spiro atoms. The number of halogens is 2. The maximum atomic E-state index is 5.95. The van der Waals surface area contributed by atoms with Gasteiger partial charge >= 0.3 is 0 Å². The first-order valence-corrected chi connectivity index (χ1v) is 4.83. The highest BCUT2D eigenvalue weighted by atomic mass is 79.9. The molecule has 1 aromatic heterocycles. The van der Waals surface area contributed by atoms with E-state index >= 15 is 0 Å². The third kappa shape index (κ3) is 1.62. The molecule has 0 aromatic carbocycles. The number of rotatable bonds is 1. The zero-order valence-corrected chi connectivity index (χ0v) is 8.83. The first-order chi connectivity index (χ1) is 6.29. The van der Waals surface area contributed by atoms with E-state index in [1.165, 1.54) is 0 Å². The summed E-state index contributed by atoms with van der Waals surface area (Å²) in [5, 5.41) is 0. The summed E-state index contributed by atoms with van der Waals surface area (Å²) in [6.07, 6.45) is 6.91. The van der Waals surface area contributed by atoms with Crippen molar-refractivity contribution in [3.63, 3.8) is 0 Å². The van der Waals surface area contributed by atoms with Gasteiger partial charge < -0.3 is 4.98 Å². The maximum absolute atomic E-state index is 5.95. The van der Waals surface area contributed by atoms with Crippen LogP contribution in [0, 0.1) is 0 Å². The molecule has 13 heavy (non-hydrogen) atoms. The van der Waals surface area contributed by atoms with Crippen LogP contribution in [0.5, 0.6) is 0 Å². The molecule has 1 N–H and O–H groups in total. The molecule has 1 atom stereocenters. The molecule has 0 amide bonds. The summed E-state index contributed by atoms with van der Waals surface area (Å²) < 4.78 is 0.722. The zero-order valence-electron chi connectivity index (χ0n) is 6.48. The Kier molecular flexibility index (Phi) is 2.37. The number of hydrogen-bond acceptors (Lipinski definition) is 3. The molecule has 0 radical (unpaired) electrons. The van der Waals surface area contributed by atoms with Crippen molar-refractivity contribution >= 4 is 39.6 Å². The van der Waals surface area contributed by atoms with Gasteiger partial charge in [-0.3, -0.25) is 9.89 Å². The second-order valence-electron chi connectivity index (χ2n) is 2.40. The van der Waals surface area contributed by atoms with Crippen molar-refractivity contribution in [1.82, 2.24) is 9.97 Å². The molecule has 2 heterocycles. The number of H-pyrrole nitrogens is 1. The Morgan fingerprint density at radius 2 is 2.46 bits per heavy atom. The number of allylic oxidation sites excluding steroid dienone is 1. The van der Waals surface area contributed by atoms with Crippen LogP contribution in [0.1, 0.15) is 0 Å². The minimum Gasteiger partial charge on any atom is -0.330 e. The van der Waals surface area contributed by atoms with Crippen LogP contribution in [0.15, 0.2) is 28.2 Å². The lowest BCUT2D eigenvalue weighted by Gasteiger charge is -2.23. The average molecular weight is 262 g/mol. The van der Waals surface area contributed by atoms with Gasteiger partial charge in [-0.05, 0) is 22.0 Å². The van der Waals surface area contributed by atoms with Gasteiger partial charge in [0.1, 0.15) is 10.4 Å². The predicted octanol–water partition coefficient (Wildman–Crippen LogP) is 2.10. The van der Waals surface area contributed by atoms with E-state index in [2.05, 4.69) is 30.9 Å². The number of nitrogens with one attached hydrogen (secondary N) is 1. The van der Waals surface area contributed by atoms with Crippen LogP contribution in [0.2, 0.25) is 0 Å². The Balaban J connectivity index is 2.32. The van der Waals surface area contributed by atoms with Crippen LogP contribution < -0.4 is 4.90 Å². The van der Waals surface area contributed by atoms with E-state index in [0.29, 0.717) is 0 Å². The SMILES string of the molecule is ClC1N=CC=CN1c1[nH]cnc1Br. The van der Waals surface area contributed by atoms with Crippen LogP contribution in [-0.4, -0.2) is 21.8 Å². The largest absolute Gasteiger partial charge is 0.330 e. The molecule has 4 nitrogen and oxygen atoms in total. The summed E-state index contributed by atoms with van der Waals surface area (Å²) in [5.41, 5.74) is -0.415. The fraction of sp³-hybridized carbons (Fsp3) is 0.143. The molecule has 1 aliphatic rings. The topological polar surface area (TPSA) is 44.3 Å². The molecule has 1 aliphatic heterocycles. The quantitative estimate of drug-likeness (QED) is 0.621. The van der Waals surface area contributed by atoms with Gasteiger partial charge in [0.25, 0.3) is 0 Å². The van der Waals surface area contributed by atoms with Crippen molar-refractivity contribution in [2.75, 3.05) is 4.90 Å². The summed E-state index contributed by atoms with van der Waals surface area (Å²) >= 11 is 9.26. The third-order valence-electron chi connectivity index (χ3n) is 1.60. The third-order valence-corrected chi connectivity index (χ3v) is 2.51. The van der Waals surface area contributed by atoms with Crippen molar-refractivity contribution in [2.24, 2.45) is 4.99 Å². The lowest BCUT2D eigenvalue weighted by atomic mass is 10.5. The molecule has 6 heteroatoms. The van der Waals surface area contributed by atoms with E-state index in [-0.39, 0.29) is 0 Å². The standard InChI is InChI=1S/C7H6BrClN4/c8-5-6(12-4-11-5)13-3-1-2-10-7(13)9/h1-4,7H,(H,11,12). The Morgan fingerprint density at radius 3 is 3.08 bits per heavy atom. The Hall–Kier alpha value is -0.810. The normalized spacial score (nSPS) is 21.1. The van der Waals surface area contributed by atoms with Crippen molar-refractivity contribution in [1.29, 1.82) is 0 Å². The van der Waals surface area contributed by atoms with Gasteiger partial charge in [-0.1, -0.05) is 11.6 Å². The number of aliphatic imine (C=N–C) groups is 1. The van der Waals surface area contributed by atoms with Crippen molar-refractivity contribution < 1.29 is 0 Å². The molecule has 1 unspecified atom stereocenters. The van der Waals surface area contributed by atoms with E-state index < -0.39 is 5.62 Å². The highest BCUT2D eigenvalue weighted by molar-refractivity contribution is 9.10. The van der Waals surface area contributed by atoms with E-state index in [1.807, 2.05) is 12.3 Å². The molecule has 1 aromatic rings. The number of aromatic amines is 1. The van der Waals surface area contributed by atoms with Crippen LogP contribution in [0.4, 0.5) is 5.82 Å². The number of hydrogen-bond donors (Lipinski definition) is 1. The van der Waals surface area contributed by atoms with Crippen LogP contribution in [0.3, 0.4) is 0 Å². The minimum atomic E-state index is -0.415. The van der Waals surface area contributed by atoms with E-state index in [1.54, 1.807) is 17.4 Å². The van der Waals surface area contributed by atoms with E-state index in [9.17, 15) is 0 Å². The second kappa shape index (κ2) is 3.51. The monoisotopic (exact) mass is 260 g/mol. The average Bonchev–Trinajstić information content (AvgIpc) is 2.52. The first kappa shape index (κ1) is 8.77. The van der Waals surface area contributed by atoms with Gasteiger partial charge in [-0.25, -0.2) is 4.98 Å². The molecule has 0 fully saturated rings. The molecule has 68 valence electrons. The number of anilines is 1. The fourth-order valence-corrected chi connectivity index (χ4v) is 1.68. The first-order valence-electron chi connectivity index (χ1n) is 3.60. The molecule has 2 rings (SSSR count). The van der Waals surface area contributed by atoms with E-state index in [4.69, 9.17) is 11.6 Å². The maximum Gasteiger partial charge on any atom is 0.202 e. The highest BCUT2D eigenvalue weighted by Crippen LogP contribution is 2.26. The van der Waals surface area contributed by atoms with Gasteiger partial charge in [0.05, 0.1) is 6.33 Å². The van der Waals surface area contributed by atoms with Gasteiger partial charge in [0.2, 0.25) is 5.62 Å². The summed E-state index contributed by atoms with van der Waals surface area (Å²) in [6, 6.07) is 0. The van der Waals surface area contributed by atoms with Gasteiger partial charge in [0.15, 0.2) is 0 Å². The highest BCUT2D eigenvalue weighted by Gasteiger charge is 2.18. The molecule has 0 saturated heterocycles. The van der Waals surface area contributed by atoms with Gasteiger partial charge in [-0.2, -0.15) is 0 Å². The lowest BCUT2D eigenvalue weighted by Crippen LogP contribution is -2.26. The summed E-state index contributed by atoms with van der Waals surface area (Å²) in [4.78, 5) is 12.8. The lowest BCUT2D eigenvalue weighted by molar-refractivity contribution is 0.877. The fourth-order valence-electron chi connectivity index (χ4n) is 1.03. The van der Waals surface area contributed by atoms with Crippen molar-refractivity contribution in [2.45, 2.75) is 5.62 Å². The Labute approximate surface area is 88.5 Å². The Morgan fingerprint density at radius 1 is 1.62 bits per heavy atom. The molecule has 0 bridgehead atoms. The molecule has 0 saturated carbocycles. The zero-order chi connectivity index (χ0) is 9.26. The predicted molar refractivity (Wildman–Crippen MR) is 56.0 cm³/mol. The van der Waals surface area contributed by atoms with Crippen LogP contribution in [-0.2, 0) is 0 Å². The summed E-state index contributed by atoms with van der Waals surface area (Å²) in [6.45, 7) is 0. The van der Waals surface area contributed by atoms with Crippen LogP contribution >= 0.6 is 27.5 Å². The van der Waals surface area contributed by atoms with Gasteiger partial charge in [-0.15, -0.1) is 0 Å². The molecule has 0 aliphatic carbocycles. The summed E-state index contributed by atoms with van der Waals surface area (Å²) in [7, 11) is 0. The number of alkyl halides is 1. The number of imidazole rings is 1. The molecular weight excluding hydrogens is 255 g/mol. The minimum absolute atomic E-state index is 0.415. The Bertz CT molecular complexity index is 359. The van der Waals surface area contributed by atoms with Crippen molar-refractivity contribution in [3.8, 4) is 0 Å². The number of nitrogens with zero attached hydrogens (tertiary/aromatic N) is 3. The van der Waals surface area contributed by atoms with Gasteiger partial charge in [0, 0.05) is 12.4 Å². The number of aromatic nitrogens is 2. The van der Waals surface area contributed by atoms with Crippen molar-refractivity contribution in [3.05, 3.63) is 23.2 Å². The smallest absolute Gasteiger partial charge is 0.202 e. The molecular formula is C7H6BrClN4. The second-order valence-corrected chi connectivity index (χ2v) is 3.54. The summed E-state index contributed by atoms with van der Waals surface area (Å²) in [5.74, 6) is 0.799. The van der Waals surface area contributed by atoms with Crippen LogP contribution in [0.25, 0.3) is 0 Å².